The lowest BCUT2D eigenvalue weighted by atomic mass is 10.1. The zero-order valence-corrected chi connectivity index (χ0v) is 17.8. The first-order valence-electron chi connectivity index (χ1n) is 10.2. The van der Waals surface area contributed by atoms with Crippen LogP contribution in [0, 0.1) is 5.82 Å². The van der Waals surface area contributed by atoms with Gasteiger partial charge < -0.3 is 14.1 Å². The van der Waals surface area contributed by atoms with Crippen molar-refractivity contribution in [2.75, 3.05) is 26.2 Å². The van der Waals surface area contributed by atoms with E-state index in [-0.39, 0.29) is 17.8 Å². The summed E-state index contributed by atoms with van der Waals surface area (Å²) < 4.78 is 24.7. The third-order valence-electron chi connectivity index (χ3n) is 5.30. The Labute approximate surface area is 186 Å². The summed E-state index contributed by atoms with van der Waals surface area (Å²) in [6.07, 6.45) is 1.42. The second-order valence-electron chi connectivity index (χ2n) is 7.59. The Morgan fingerprint density at radius 2 is 1.94 bits per heavy atom. The van der Waals surface area contributed by atoms with E-state index in [0.717, 1.165) is 23.7 Å². The van der Waals surface area contributed by atoms with E-state index in [4.69, 9.17) is 20.8 Å². The molecule has 3 aromatic rings. The summed E-state index contributed by atoms with van der Waals surface area (Å²) in [4.78, 5) is 17.1. The van der Waals surface area contributed by atoms with Gasteiger partial charge in [-0.05, 0) is 48.0 Å². The van der Waals surface area contributed by atoms with Crippen LogP contribution in [-0.4, -0.2) is 48.1 Å². The number of nitrogens with zero attached hydrogens (tertiary/aromatic N) is 2. The van der Waals surface area contributed by atoms with Gasteiger partial charge in [0.25, 0.3) is 5.91 Å². The fourth-order valence-electron chi connectivity index (χ4n) is 3.73. The average molecular weight is 443 g/mol. The van der Waals surface area contributed by atoms with Crippen molar-refractivity contribution in [1.82, 2.24) is 9.80 Å². The Morgan fingerprint density at radius 3 is 2.68 bits per heavy atom. The highest BCUT2D eigenvalue weighted by Gasteiger charge is 2.26. The average Bonchev–Trinajstić information content (AvgIpc) is 3.28. The molecule has 2 heterocycles. The van der Waals surface area contributed by atoms with Gasteiger partial charge in [-0.25, -0.2) is 4.39 Å². The molecule has 1 saturated heterocycles. The van der Waals surface area contributed by atoms with E-state index in [2.05, 4.69) is 4.90 Å². The van der Waals surface area contributed by atoms with Crippen molar-refractivity contribution in [3.63, 3.8) is 0 Å². The minimum Gasteiger partial charge on any atom is -0.467 e. The summed E-state index contributed by atoms with van der Waals surface area (Å²) in [7, 11) is 0. The molecule has 1 fully saturated rings. The number of rotatable bonds is 7. The third kappa shape index (κ3) is 5.73. The van der Waals surface area contributed by atoms with Crippen LogP contribution in [0.3, 0.4) is 0 Å². The molecule has 1 aliphatic heterocycles. The predicted octanol–water partition coefficient (Wildman–Crippen LogP) is 4.62. The van der Waals surface area contributed by atoms with Gasteiger partial charge in [0.05, 0.1) is 25.5 Å². The molecule has 31 heavy (non-hydrogen) atoms. The molecule has 4 rings (SSSR count). The second kappa shape index (κ2) is 10.1. The molecule has 0 saturated carbocycles. The highest BCUT2D eigenvalue weighted by molar-refractivity contribution is 6.31. The number of halogens is 2. The quantitative estimate of drug-likeness (QED) is 0.536. The Kier molecular flexibility index (Phi) is 7.02. The van der Waals surface area contributed by atoms with Crippen LogP contribution >= 0.6 is 11.6 Å². The fourth-order valence-corrected chi connectivity index (χ4v) is 3.93. The molecular formula is C24H24ClFN2O3. The molecule has 1 atom stereocenters. The number of hydrogen-bond donors (Lipinski definition) is 0. The van der Waals surface area contributed by atoms with E-state index >= 15 is 0 Å². The molecule has 0 N–H and O–H groups in total. The Balaban J connectivity index is 1.46. The van der Waals surface area contributed by atoms with Crippen molar-refractivity contribution in [2.45, 2.75) is 19.2 Å². The molecule has 0 radical (unpaired) electrons. The van der Waals surface area contributed by atoms with Gasteiger partial charge in [0.2, 0.25) is 0 Å². The zero-order chi connectivity index (χ0) is 21.6. The molecule has 0 bridgehead atoms. The first kappa shape index (κ1) is 21.6. The van der Waals surface area contributed by atoms with E-state index in [0.29, 0.717) is 37.6 Å². The van der Waals surface area contributed by atoms with Crippen molar-refractivity contribution >= 4 is 17.5 Å². The first-order chi connectivity index (χ1) is 15.1. The molecule has 162 valence electrons. The van der Waals surface area contributed by atoms with E-state index in [9.17, 15) is 9.18 Å². The maximum Gasteiger partial charge on any atom is 0.254 e. The number of amides is 1. The van der Waals surface area contributed by atoms with Crippen LogP contribution in [0.15, 0.2) is 71.3 Å². The normalized spacial score (nSPS) is 16.9. The lowest BCUT2D eigenvalue weighted by molar-refractivity contribution is -0.0442. The molecule has 1 amide bonds. The van der Waals surface area contributed by atoms with Gasteiger partial charge in [0.15, 0.2) is 0 Å². The number of ether oxygens (including phenoxy) is 1. The van der Waals surface area contributed by atoms with Gasteiger partial charge in [0, 0.05) is 36.8 Å². The van der Waals surface area contributed by atoms with Crippen molar-refractivity contribution < 1.29 is 18.3 Å². The van der Waals surface area contributed by atoms with Gasteiger partial charge in [-0.1, -0.05) is 29.8 Å². The lowest BCUT2D eigenvalue weighted by Crippen LogP contribution is -2.48. The van der Waals surface area contributed by atoms with Gasteiger partial charge >= 0.3 is 0 Å². The summed E-state index contributed by atoms with van der Waals surface area (Å²) in [5, 5.41) is 0.747. The van der Waals surface area contributed by atoms with Gasteiger partial charge in [0.1, 0.15) is 11.6 Å². The molecule has 0 aliphatic carbocycles. The summed E-state index contributed by atoms with van der Waals surface area (Å²) in [6, 6.07) is 17.0. The maximum absolute atomic E-state index is 13.3. The molecular weight excluding hydrogens is 419 g/mol. The van der Waals surface area contributed by atoms with Crippen LogP contribution in [0.2, 0.25) is 5.02 Å². The van der Waals surface area contributed by atoms with E-state index < -0.39 is 0 Å². The third-order valence-corrected chi connectivity index (χ3v) is 5.67. The minimum absolute atomic E-state index is 0.157. The van der Waals surface area contributed by atoms with Gasteiger partial charge in [-0.2, -0.15) is 0 Å². The first-order valence-corrected chi connectivity index (χ1v) is 10.6. The second-order valence-corrected chi connectivity index (χ2v) is 8.00. The lowest BCUT2D eigenvalue weighted by Gasteiger charge is -2.35. The molecule has 5 nitrogen and oxygen atoms in total. The summed E-state index contributed by atoms with van der Waals surface area (Å²) in [6.45, 7) is 3.49. The fraction of sp³-hybridized carbons (Fsp3) is 0.292. The summed E-state index contributed by atoms with van der Waals surface area (Å²) in [5.74, 6) is 0.113. The summed E-state index contributed by atoms with van der Waals surface area (Å²) >= 11 is 6.32. The molecule has 0 spiro atoms. The Morgan fingerprint density at radius 1 is 1.13 bits per heavy atom. The van der Waals surface area contributed by atoms with Gasteiger partial charge in [-0.3, -0.25) is 9.69 Å². The van der Waals surface area contributed by atoms with Crippen molar-refractivity contribution in [2.24, 2.45) is 0 Å². The molecule has 1 unspecified atom stereocenters. The van der Waals surface area contributed by atoms with Crippen molar-refractivity contribution in [3.8, 4) is 0 Å². The maximum atomic E-state index is 13.3. The number of morpholine rings is 1. The zero-order valence-electron chi connectivity index (χ0n) is 17.0. The topological polar surface area (TPSA) is 45.9 Å². The number of furan rings is 1. The Hall–Kier alpha value is -2.67. The van der Waals surface area contributed by atoms with E-state index in [1.54, 1.807) is 17.2 Å². The predicted molar refractivity (Wildman–Crippen MR) is 116 cm³/mol. The van der Waals surface area contributed by atoms with Crippen LogP contribution in [0.25, 0.3) is 0 Å². The van der Waals surface area contributed by atoms with Crippen LogP contribution in [0.1, 0.15) is 21.7 Å². The standard InChI is InChI=1S/C24H24ClFN2O3/c25-23-6-2-1-4-19(23)14-27-11-13-31-22(15-27)17-28(16-21-5-3-12-30-21)24(29)18-7-9-20(26)10-8-18/h1-10,12,22H,11,13-17H2. The molecule has 1 aromatic heterocycles. The largest absolute Gasteiger partial charge is 0.467 e. The van der Waals surface area contributed by atoms with Crippen molar-refractivity contribution in [3.05, 3.63) is 94.7 Å². The molecule has 2 aromatic carbocycles. The number of benzene rings is 2. The van der Waals surface area contributed by atoms with Crippen LogP contribution in [-0.2, 0) is 17.8 Å². The monoisotopic (exact) mass is 442 g/mol. The van der Waals surface area contributed by atoms with Gasteiger partial charge in [-0.15, -0.1) is 0 Å². The van der Waals surface area contributed by atoms with Crippen LogP contribution in [0.5, 0.6) is 0 Å². The van der Waals surface area contributed by atoms with E-state index in [1.807, 2.05) is 30.3 Å². The summed E-state index contributed by atoms with van der Waals surface area (Å²) in [5.41, 5.74) is 1.50. The number of carbonyl (C=O) groups excluding carboxylic acids is 1. The van der Waals surface area contributed by atoms with Crippen LogP contribution < -0.4 is 0 Å². The minimum atomic E-state index is -0.375. The van der Waals surface area contributed by atoms with Crippen molar-refractivity contribution in [1.29, 1.82) is 0 Å². The van der Waals surface area contributed by atoms with Crippen LogP contribution in [0.4, 0.5) is 4.39 Å². The SMILES string of the molecule is O=C(c1ccc(F)cc1)N(Cc1ccco1)CC1CN(Cc2ccccc2Cl)CCO1. The highest BCUT2D eigenvalue weighted by Crippen LogP contribution is 2.20. The molecule has 7 heteroatoms. The smallest absolute Gasteiger partial charge is 0.254 e. The van der Waals surface area contributed by atoms with E-state index in [1.165, 1.54) is 24.3 Å². The molecule has 1 aliphatic rings. The number of hydrogen-bond acceptors (Lipinski definition) is 4. The highest BCUT2D eigenvalue weighted by atomic mass is 35.5. The Bertz CT molecular complexity index is 994. The number of carbonyl (C=O) groups is 1.